The predicted octanol–water partition coefficient (Wildman–Crippen LogP) is 5.45. The second-order valence-electron chi connectivity index (χ2n) is 11.2. The summed E-state index contributed by atoms with van der Waals surface area (Å²) < 4.78 is 53.9. The summed E-state index contributed by atoms with van der Waals surface area (Å²) in [5, 5.41) is 8.13. The number of hydrogen-bond acceptors (Lipinski definition) is 5. The number of nitrogens with zero attached hydrogens (tertiary/aromatic N) is 3. The van der Waals surface area contributed by atoms with Gasteiger partial charge in [0.05, 0.1) is 23.8 Å². The van der Waals surface area contributed by atoms with Crippen molar-refractivity contribution in [2.75, 3.05) is 26.7 Å². The maximum atomic E-state index is 14.1. The van der Waals surface area contributed by atoms with E-state index in [2.05, 4.69) is 31.1 Å². The number of alkyl halides is 3. The number of amides is 1. The maximum absolute atomic E-state index is 14.1. The van der Waals surface area contributed by atoms with Gasteiger partial charge in [-0.1, -0.05) is 12.1 Å². The smallest absolute Gasteiger partial charge is 0.343 e. The normalized spacial score (nSPS) is 15.5. The highest BCUT2D eigenvalue weighted by Gasteiger charge is 2.31. The first-order valence-corrected chi connectivity index (χ1v) is 14.7. The molecule has 1 atom stereocenters. The fourth-order valence-corrected chi connectivity index (χ4v) is 6.52. The van der Waals surface area contributed by atoms with E-state index >= 15 is 0 Å². The number of hydrogen-bond donors (Lipinski definition) is 2. The average molecular weight is 664 g/mol. The minimum Gasteiger partial charge on any atom is -0.343 e. The molecule has 5 rings (SSSR count). The molecule has 0 aliphatic carbocycles. The zero-order chi connectivity index (χ0) is 30.9. The van der Waals surface area contributed by atoms with Crippen molar-refractivity contribution < 1.29 is 27.2 Å². The molecule has 1 aliphatic heterocycles. The first-order valence-electron chi connectivity index (χ1n) is 13.9. The summed E-state index contributed by atoms with van der Waals surface area (Å²) in [5.41, 5.74) is 2.28. The van der Waals surface area contributed by atoms with Crippen molar-refractivity contribution in [1.29, 1.82) is 0 Å². The summed E-state index contributed by atoms with van der Waals surface area (Å²) in [6.07, 6.45) is -0.905. The summed E-state index contributed by atoms with van der Waals surface area (Å²) >= 11 is 3.48. The van der Waals surface area contributed by atoms with Crippen molar-refractivity contribution in [2.24, 2.45) is 5.92 Å². The van der Waals surface area contributed by atoms with E-state index in [1.807, 2.05) is 0 Å². The molecule has 1 fully saturated rings. The molecule has 0 saturated carbocycles. The molecule has 2 N–H and O–H groups in total. The third kappa shape index (κ3) is 6.98. The van der Waals surface area contributed by atoms with Crippen molar-refractivity contribution >= 4 is 49.9 Å². The fourth-order valence-electron chi connectivity index (χ4n) is 5.94. The van der Waals surface area contributed by atoms with Crippen LogP contribution in [0.25, 0.3) is 21.8 Å². The van der Waals surface area contributed by atoms with E-state index in [9.17, 15) is 31.9 Å². The highest BCUT2D eigenvalue weighted by Crippen LogP contribution is 2.33. The highest BCUT2D eigenvalue weighted by atomic mass is 79.9. The molecule has 1 aliphatic rings. The summed E-state index contributed by atoms with van der Waals surface area (Å²) in [6, 6.07) is 8.08. The molecule has 1 amide bonds. The van der Waals surface area contributed by atoms with Gasteiger partial charge in [0.1, 0.15) is 12.1 Å². The number of aromatic amines is 2. The van der Waals surface area contributed by atoms with Gasteiger partial charge in [-0.3, -0.25) is 19.6 Å². The molecule has 0 radical (unpaired) electrons. The lowest BCUT2D eigenvalue weighted by Gasteiger charge is -2.32. The van der Waals surface area contributed by atoms with Gasteiger partial charge in [0.15, 0.2) is 0 Å². The van der Waals surface area contributed by atoms with Crippen LogP contribution in [-0.4, -0.2) is 70.0 Å². The molecular formula is C30H30BrF4N5O3. The Bertz CT molecular complexity index is 1710. The molecule has 8 nitrogen and oxygen atoms in total. The van der Waals surface area contributed by atoms with Crippen LogP contribution in [0.5, 0.6) is 0 Å². The van der Waals surface area contributed by atoms with Crippen molar-refractivity contribution in [3.05, 3.63) is 73.9 Å². The van der Waals surface area contributed by atoms with Crippen LogP contribution < -0.4 is 5.56 Å². The van der Waals surface area contributed by atoms with Crippen molar-refractivity contribution in [3.63, 3.8) is 0 Å². The molecule has 3 heterocycles. The van der Waals surface area contributed by atoms with Gasteiger partial charge in [0, 0.05) is 52.8 Å². The maximum Gasteiger partial charge on any atom is 0.401 e. The van der Waals surface area contributed by atoms with Crippen LogP contribution in [0.15, 0.2) is 45.8 Å². The van der Waals surface area contributed by atoms with Gasteiger partial charge < -0.3 is 14.7 Å². The van der Waals surface area contributed by atoms with E-state index in [0.29, 0.717) is 63.4 Å². The van der Waals surface area contributed by atoms with Crippen LogP contribution in [0.1, 0.15) is 41.9 Å². The van der Waals surface area contributed by atoms with Gasteiger partial charge >= 0.3 is 6.18 Å². The fraction of sp³-hybridized carbons (Fsp3) is 0.400. The molecule has 0 unspecified atom stereocenters. The summed E-state index contributed by atoms with van der Waals surface area (Å²) in [5.74, 6) is -1.49. The Kier molecular flexibility index (Phi) is 9.02. The van der Waals surface area contributed by atoms with Crippen LogP contribution in [-0.2, 0) is 22.6 Å². The monoisotopic (exact) mass is 663 g/mol. The number of aldehydes is 1. The molecule has 0 spiro atoms. The van der Waals surface area contributed by atoms with Crippen LogP contribution in [0.4, 0.5) is 17.6 Å². The predicted molar refractivity (Wildman–Crippen MR) is 157 cm³/mol. The van der Waals surface area contributed by atoms with Crippen LogP contribution in [0, 0.1) is 11.7 Å². The lowest BCUT2D eigenvalue weighted by molar-refractivity contribution is -0.144. The number of likely N-dealkylation sites (tertiary alicyclic amines) is 1. The number of nitrogens with one attached hydrogen (secondary N) is 2. The molecule has 13 heteroatoms. The molecule has 228 valence electrons. The van der Waals surface area contributed by atoms with Gasteiger partial charge in [-0.15, -0.1) is 0 Å². The van der Waals surface area contributed by atoms with Gasteiger partial charge in [-0.05, 0) is 77.5 Å². The number of rotatable bonds is 9. The van der Waals surface area contributed by atoms with E-state index < -0.39 is 24.5 Å². The number of benzene rings is 2. The van der Waals surface area contributed by atoms with Gasteiger partial charge in [-0.25, -0.2) is 4.39 Å². The molecule has 4 aromatic rings. The zero-order valence-corrected chi connectivity index (χ0v) is 24.9. The molecule has 0 bridgehead atoms. The second-order valence-corrected chi connectivity index (χ2v) is 12.0. The molecule has 43 heavy (non-hydrogen) atoms. The van der Waals surface area contributed by atoms with Gasteiger partial charge in [0.25, 0.3) is 5.56 Å². The first-order chi connectivity index (χ1) is 20.4. The number of pyridine rings is 1. The molecule has 2 aromatic carbocycles. The number of carbonyl (C=O) groups excluding carboxylic acids is 2. The standard InChI is InChI=1S/C30H30BrF4N5O3/c1-39(16-30(33,34)35)14-23-20(12-24(31)28-22(23)13-36-38-28)9-17(15-41)10-26(42)40-7-5-18(6-8-40)21-11-19-3-2-4-25(32)27(19)37-29(21)43/h2-4,11-13,15,17-18H,5-10,14,16H2,1H3,(H,36,38)(H,37,43)/t17-/m0/s1. The van der Waals surface area contributed by atoms with Gasteiger partial charge in [-0.2, -0.15) is 18.3 Å². The Hall–Kier alpha value is -3.58. The lowest BCUT2D eigenvalue weighted by atomic mass is 9.88. The van der Waals surface area contributed by atoms with Gasteiger partial charge in [0.2, 0.25) is 5.91 Å². The Morgan fingerprint density at radius 2 is 1.98 bits per heavy atom. The average Bonchev–Trinajstić information content (AvgIpc) is 3.45. The Morgan fingerprint density at radius 1 is 1.23 bits per heavy atom. The number of carbonyl (C=O) groups is 2. The highest BCUT2D eigenvalue weighted by molar-refractivity contribution is 9.10. The van der Waals surface area contributed by atoms with Crippen LogP contribution in [0.2, 0.25) is 0 Å². The second kappa shape index (κ2) is 12.6. The Balaban J connectivity index is 1.27. The number of para-hydroxylation sites is 1. The minimum atomic E-state index is -4.37. The largest absolute Gasteiger partial charge is 0.401 e. The SMILES string of the molecule is CN(Cc1c(C[C@H](C=O)CC(=O)N2CCC(c3cc4cccc(F)c4[nH]c3=O)CC2)cc(Br)c2[nH]ncc12)CC(F)(F)F. The van der Waals surface area contributed by atoms with Crippen LogP contribution in [0.3, 0.4) is 0 Å². The Morgan fingerprint density at radius 3 is 2.67 bits per heavy atom. The number of halogens is 5. The third-order valence-electron chi connectivity index (χ3n) is 8.03. The summed E-state index contributed by atoms with van der Waals surface area (Å²) in [4.78, 5) is 43.5. The van der Waals surface area contributed by atoms with Crippen molar-refractivity contribution in [3.8, 4) is 0 Å². The Labute approximate surface area is 252 Å². The van der Waals surface area contributed by atoms with Crippen molar-refractivity contribution in [2.45, 2.75) is 44.3 Å². The van der Waals surface area contributed by atoms with E-state index in [-0.39, 0.29) is 42.3 Å². The topological polar surface area (TPSA) is 102 Å². The molecule has 1 saturated heterocycles. The lowest BCUT2D eigenvalue weighted by Crippen LogP contribution is -2.39. The molecular weight excluding hydrogens is 634 g/mol. The van der Waals surface area contributed by atoms with E-state index in [0.717, 1.165) is 11.2 Å². The number of aromatic nitrogens is 3. The summed E-state index contributed by atoms with van der Waals surface area (Å²) in [7, 11) is 1.37. The number of H-pyrrole nitrogens is 2. The van der Waals surface area contributed by atoms with Crippen LogP contribution >= 0.6 is 15.9 Å². The minimum absolute atomic E-state index is 0.0221. The number of fused-ring (bicyclic) bond motifs is 2. The van der Waals surface area contributed by atoms with Crippen molar-refractivity contribution in [1.82, 2.24) is 25.0 Å². The number of piperidine rings is 1. The third-order valence-corrected chi connectivity index (χ3v) is 8.65. The summed E-state index contributed by atoms with van der Waals surface area (Å²) in [6.45, 7) is -0.327. The first kappa shape index (κ1) is 30.9. The zero-order valence-electron chi connectivity index (χ0n) is 23.3. The van der Waals surface area contributed by atoms with E-state index in [4.69, 9.17) is 0 Å². The quantitative estimate of drug-likeness (QED) is 0.183. The van der Waals surface area contributed by atoms with E-state index in [1.165, 1.54) is 13.1 Å². The molecule has 2 aromatic heterocycles. The van der Waals surface area contributed by atoms with E-state index in [1.54, 1.807) is 35.4 Å².